The number of aromatic nitrogens is 1. The molecule has 7 heteroatoms. The number of hydrogen-bond acceptors (Lipinski definition) is 3. The van der Waals surface area contributed by atoms with Gasteiger partial charge in [0.15, 0.2) is 0 Å². The first-order valence-electron chi connectivity index (χ1n) is 3.99. The largest absolute Gasteiger partial charge is 0.405 e. The van der Waals surface area contributed by atoms with Crippen molar-refractivity contribution >= 4 is 23.1 Å². The van der Waals surface area contributed by atoms with Crippen LogP contribution < -0.4 is 10.6 Å². The maximum atomic E-state index is 12.1. The molecule has 0 aliphatic heterocycles. The van der Waals surface area contributed by atoms with E-state index in [1.807, 2.05) is 0 Å². The van der Waals surface area contributed by atoms with Crippen LogP contribution in [0.3, 0.4) is 0 Å². The molecule has 0 fully saturated rings. The van der Waals surface area contributed by atoms with E-state index in [0.29, 0.717) is 0 Å². The smallest absolute Gasteiger partial charge is 0.399 e. The van der Waals surface area contributed by atoms with Crippen molar-refractivity contribution in [2.45, 2.75) is 6.18 Å². The summed E-state index contributed by atoms with van der Waals surface area (Å²) in [5, 5.41) is 0.0685. The van der Waals surface area contributed by atoms with E-state index in [9.17, 15) is 13.2 Å². The summed E-state index contributed by atoms with van der Waals surface area (Å²) in [5.74, 6) is 0.0947. The van der Waals surface area contributed by atoms with Crippen molar-refractivity contribution in [3.8, 4) is 0 Å². The zero-order valence-corrected chi connectivity index (χ0v) is 8.60. The Balaban J connectivity index is 2.86. The molecule has 1 aromatic heterocycles. The van der Waals surface area contributed by atoms with Crippen molar-refractivity contribution in [1.82, 2.24) is 4.98 Å². The topological polar surface area (TPSA) is 42.1 Å². The van der Waals surface area contributed by atoms with E-state index < -0.39 is 12.7 Å². The standard InChI is InChI=1S/C8H9ClF3N3/c1-15(4-8(10,11)12)7-3-5(13)2-6(9)14-7/h2-3H,4H2,1H3,(H2,13,14). The van der Waals surface area contributed by atoms with Crippen molar-refractivity contribution in [3.05, 3.63) is 17.3 Å². The quantitative estimate of drug-likeness (QED) is 0.806. The Labute approximate surface area is 89.6 Å². The van der Waals surface area contributed by atoms with Gasteiger partial charge in [0.1, 0.15) is 17.5 Å². The molecule has 15 heavy (non-hydrogen) atoms. The second kappa shape index (κ2) is 4.14. The van der Waals surface area contributed by atoms with E-state index in [2.05, 4.69) is 4.98 Å². The van der Waals surface area contributed by atoms with Crippen molar-refractivity contribution in [2.75, 3.05) is 24.2 Å². The molecule has 0 amide bonds. The maximum absolute atomic E-state index is 12.1. The van der Waals surface area contributed by atoms with Crippen LogP contribution in [-0.2, 0) is 0 Å². The van der Waals surface area contributed by atoms with Gasteiger partial charge in [0, 0.05) is 18.8 Å². The molecule has 0 unspecified atom stereocenters. The second-order valence-corrected chi connectivity index (χ2v) is 3.44. The van der Waals surface area contributed by atoms with E-state index in [4.69, 9.17) is 17.3 Å². The fraction of sp³-hybridized carbons (Fsp3) is 0.375. The minimum absolute atomic E-state index is 0.0685. The molecule has 84 valence electrons. The third-order valence-electron chi connectivity index (χ3n) is 1.61. The lowest BCUT2D eigenvalue weighted by atomic mass is 10.4. The zero-order valence-electron chi connectivity index (χ0n) is 7.85. The summed E-state index contributed by atoms with van der Waals surface area (Å²) < 4.78 is 36.2. The number of nitrogens with two attached hydrogens (primary N) is 1. The molecule has 1 rings (SSSR count). The van der Waals surface area contributed by atoms with Crippen LogP contribution in [0, 0.1) is 0 Å². The summed E-state index contributed by atoms with van der Waals surface area (Å²) in [4.78, 5) is 4.66. The number of nitrogen functional groups attached to an aromatic ring is 1. The summed E-state index contributed by atoms with van der Waals surface area (Å²) in [7, 11) is 1.27. The highest BCUT2D eigenvalue weighted by atomic mass is 35.5. The van der Waals surface area contributed by atoms with E-state index in [-0.39, 0.29) is 16.7 Å². The lowest BCUT2D eigenvalue weighted by molar-refractivity contribution is -0.119. The molecule has 0 bridgehead atoms. The Bertz CT molecular complexity index is 333. The Hall–Kier alpha value is -1.17. The molecule has 0 saturated carbocycles. The van der Waals surface area contributed by atoms with E-state index in [1.54, 1.807) is 0 Å². The molecule has 0 radical (unpaired) electrons. The Kier molecular flexibility index (Phi) is 3.28. The molecule has 3 nitrogen and oxygen atoms in total. The van der Waals surface area contributed by atoms with E-state index >= 15 is 0 Å². The monoisotopic (exact) mass is 239 g/mol. The fourth-order valence-electron chi connectivity index (χ4n) is 1.05. The van der Waals surface area contributed by atoms with Crippen LogP contribution in [0.4, 0.5) is 24.7 Å². The summed E-state index contributed by atoms with van der Waals surface area (Å²) in [5.41, 5.74) is 5.71. The van der Waals surface area contributed by atoms with Crippen LogP contribution in [0.25, 0.3) is 0 Å². The van der Waals surface area contributed by atoms with Crippen molar-refractivity contribution in [2.24, 2.45) is 0 Å². The molecule has 2 N–H and O–H groups in total. The predicted octanol–water partition coefficient (Wildman–Crippen LogP) is 2.32. The van der Waals surface area contributed by atoms with Gasteiger partial charge in [-0.05, 0) is 6.07 Å². The molecular formula is C8H9ClF3N3. The normalized spacial score (nSPS) is 11.5. The number of rotatable bonds is 2. The van der Waals surface area contributed by atoms with Gasteiger partial charge < -0.3 is 10.6 Å². The summed E-state index contributed by atoms with van der Waals surface area (Å²) >= 11 is 5.57. The van der Waals surface area contributed by atoms with Crippen molar-refractivity contribution in [3.63, 3.8) is 0 Å². The second-order valence-electron chi connectivity index (χ2n) is 3.05. The lowest BCUT2D eigenvalue weighted by Crippen LogP contribution is -2.31. The molecule has 1 heterocycles. The number of pyridine rings is 1. The van der Waals surface area contributed by atoms with Gasteiger partial charge in [0.2, 0.25) is 0 Å². The number of hydrogen-bond donors (Lipinski definition) is 1. The lowest BCUT2D eigenvalue weighted by Gasteiger charge is -2.20. The molecule has 0 aromatic carbocycles. The Morgan fingerprint density at radius 2 is 2.07 bits per heavy atom. The van der Waals surface area contributed by atoms with Gasteiger partial charge in [-0.25, -0.2) is 4.98 Å². The summed E-state index contributed by atoms with van der Waals surface area (Å²) in [6.07, 6.45) is -4.28. The van der Waals surface area contributed by atoms with Gasteiger partial charge in [-0.2, -0.15) is 13.2 Å². The number of anilines is 2. The maximum Gasteiger partial charge on any atom is 0.405 e. The number of halogens is 4. The average molecular weight is 240 g/mol. The zero-order chi connectivity index (χ0) is 11.6. The van der Waals surface area contributed by atoms with Crippen molar-refractivity contribution in [1.29, 1.82) is 0 Å². The molecule has 1 aromatic rings. The Morgan fingerprint density at radius 3 is 2.53 bits per heavy atom. The van der Waals surface area contributed by atoms with Crippen LogP contribution >= 0.6 is 11.6 Å². The molecule has 0 atom stereocenters. The minimum atomic E-state index is -4.28. The average Bonchev–Trinajstić information content (AvgIpc) is 1.98. The van der Waals surface area contributed by atoms with Crippen LogP contribution in [0.5, 0.6) is 0 Å². The molecule has 0 aliphatic rings. The van der Waals surface area contributed by atoms with E-state index in [1.165, 1.54) is 19.2 Å². The van der Waals surface area contributed by atoms with Gasteiger partial charge in [-0.1, -0.05) is 11.6 Å². The van der Waals surface area contributed by atoms with Crippen LogP contribution in [-0.4, -0.2) is 24.8 Å². The molecule has 0 spiro atoms. The molecule has 0 aliphatic carbocycles. The van der Waals surface area contributed by atoms with Crippen LogP contribution in [0.2, 0.25) is 5.15 Å². The first-order chi connectivity index (χ1) is 6.78. The van der Waals surface area contributed by atoms with Crippen LogP contribution in [0.15, 0.2) is 12.1 Å². The highest BCUT2D eigenvalue weighted by Gasteiger charge is 2.29. The predicted molar refractivity (Wildman–Crippen MR) is 53.0 cm³/mol. The molecular weight excluding hydrogens is 231 g/mol. The van der Waals surface area contributed by atoms with Gasteiger partial charge in [0.25, 0.3) is 0 Å². The fourth-order valence-corrected chi connectivity index (χ4v) is 1.26. The highest BCUT2D eigenvalue weighted by molar-refractivity contribution is 6.29. The van der Waals surface area contributed by atoms with Gasteiger partial charge >= 0.3 is 6.18 Å². The third-order valence-corrected chi connectivity index (χ3v) is 1.80. The van der Waals surface area contributed by atoms with Gasteiger partial charge in [-0.15, -0.1) is 0 Å². The van der Waals surface area contributed by atoms with E-state index in [0.717, 1.165) is 4.90 Å². The third kappa shape index (κ3) is 3.83. The van der Waals surface area contributed by atoms with Gasteiger partial charge in [0.05, 0.1) is 0 Å². The highest BCUT2D eigenvalue weighted by Crippen LogP contribution is 2.22. The van der Waals surface area contributed by atoms with Gasteiger partial charge in [-0.3, -0.25) is 0 Å². The van der Waals surface area contributed by atoms with Crippen molar-refractivity contribution < 1.29 is 13.2 Å². The first-order valence-corrected chi connectivity index (χ1v) is 4.37. The first kappa shape index (κ1) is 11.9. The number of alkyl halides is 3. The minimum Gasteiger partial charge on any atom is -0.399 e. The number of nitrogens with zero attached hydrogens (tertiary/aromatic N) is 2. The SMILES string of the molecule is CN(CC(F)(F)F)c1cc(N)cc(Cl)n1. The van der Waals surface area contributed by atoms with Crippen LogP contribution in [0.1, 0.15) is 0 Å². The summed E-state index contributed by atoms with van der Waals surface area (Å²) in [6, 6.07) is 2.70. The Morgan fingerprint density at radius 1 is 1.47 bits per heavy atom. The molecule has 0 saturated heterocycles. The summed E-state index contributed by atoms with van der Waals surface area (Å²) in [6.45, 7) is -1.10.